The van der Waals surface area contributed by atoms with E-state index < -0.39 is 0 Å². The fourth-order valence-electron chi connectivity index (χ4n) is 5.14. The zero-order chi connectivity index (χ0) is 27.0. The standard InChI is InChI=1S/C31H32ClFN4O/c1-20(17-36-19-31(3,4)35-29(36)23-11-10-21(2)26(33)15-23)14-28-34-27-16-24(32)12-13-25(27)30(38)37(28)18-22-8-6-5-7-9-22/h5-13,15-16,20H,14,17-19H2,1-4H3. The van der Waals surface area contributed by atoms with E-state index in [1.54, 1.807) is 41.8 Å². The lowest BCUT2D eigenvalue weighted by molar-refractivity contribution is 0.324. The first kappa shape index (κ1) is 26.1. The fourth-order valence-corrected chi connectivity index (χ4v) is 5.31. The van der Waals surface area contributed by atoms with E-state index >= 15 is 0 Å². The van der Waals surface area contributed by atoms with Crippen molar-refractivity contribution in [2.45, 2.75) is 46.2 Å². The molecule has 1 atom stereocenters. The first-order valence-electron chi connectivity index (χ1n) is 12.9. The quantitative estimate of drug-likeness (QED) is 0.283. The maximum Gasteiger partial charge on any atom is 0.261 e. The van der Waals surface area contributed by atoms with Crippen LogP contribution in [0.25, 0.3) is 10.9 Å². The first-order chi connectivity index (χ1) is 18.1. The van der Waals surface area contributed by atoms with Gasteiger partial charge in [-0.2, -0.15) is 0 Å². The fraction of sp³-hybridized carbons (Fsp3) is 0.323. The highest BCUT2D eigenvalue weighted by atomic mass is 35.5. The van der Waals surface area contributed by atoms with E-state index in [4.69, 9.17) is 21.6 Å². The van der Waals surface area contributed by atoms with Crippen LogP contribution in [0.15, 0.2) is 76.5 Å². The summed E-state index contributed by atoms with van der Waals surface area (Å²) in [6.07, 6.45) is 0.594. The van der Waals surface area contributed by atoms with E-state index in [0.717, 1.165) is 29.3 Å². The summed E-state index contributed by atoms with van der Waals surface area (Å²) in [5.41, 5.74) is 2.70. The van der Waals surface area contributed by atoms with Gasteiger partial charge in [0.05, 0.1) is 23.0 Å². The van der Waals surface area contributed by atoms with Crippen molar-refractivity contribution >= 4 is 28.3 Å². The van der Waals surface area contributed by atoms with Crippen molar-refractivity contribution in [3.63, 3.8) is 0 Å². The number of benzene rings is 3. The van der Waals surface area contributed by atoms with Crippen LogP contribution in [-0.2, 0) is 13.0 Å². The van der Waals surface area contributed by atoms with E-state index in [2.05, 4.69) is 25.7 Å². The van der Waals surface area contributed by atoms with E-state index in [1.165, 1.54) is 0 Å². The maximum absolute atomic E-state index is 14.4. The number of hydrogen-bond donors (Lipinski definition) is 0. The lowest BCUT2D eigenvalue weighted by atomic mass is 10.0. The minimum atomic E-state index is -0.274. The van der Waals surface area contributed by atoms with Gasteiger partial charge in [-0.15, -0.1) is 0 Å². The second-order valence-corrected chi connectivity index (χ2v) is 11.4. The van der Waals surface area contributed by atoms with Gasteiger partial charge in [0.2, 0.25) is 0 Å². The Hall–Kier alpha value is -3.51. The number of amidine groups is 1. The van der Waals surface area contributed by atoms with Gasteiger partial charge in [-0.3, -0.25) is 14.4 Å². The molecule has 0 amide bonds. The average Bonchev–Trinajstić information content (AvgIpc) is 3.17. The maximum atomic E-state index is 14.4. The highest BCUT2D eigenvalue weighted by Crippen LogP contribution is 2.26. The molecule has 1 unspecified atom stereocenters. The predicted octanol–water partition coefficient (Wildman–Crippen LogP) is 6.27. The summed E-state index contributed by atoms with van der Waals surface area (Å²) in [6.45, 7) is 9.98. The molecular weight excluding hydrogens is 499 g/mol. The van der Waals surface area contributed by atoms with Crippen molar-refractivity contribution in [2.24, 2.45) is 10.9 Å². The Morgan fingerprint density at radius 1 is 1.08 bits per heavy atom. The normalized spacial score (nSPS) is 15.6. The summed E-state index contributed by atoms with van der Waals surface area (Å²) in [5.74, 6) is 1.45. The Kier molecular flexibility index (Phi) is 7.10. The lowest BCUT2D eigenvalue weighted by Crippen LogP contribution is -2.37. The third-order valence-electron chi connectivity index (χ3n) is 6.96. The summed E-state index contributed by atoms with van der Waals surface area (Å²) in [5, 5.41) is 1.11. The predicted molar refractivity (Wildman–Crippen MR) is 153 cm³/mol. The molecule has 0 saturated heterocycles. The van der Waals surface area contributed by atoms with Gasteiger partial charge in [-0.25, -0.2) is 9.37 Å². The summed E-state index contributed by atoms with van der Waals surface area (Å²) in [4.78, 5) is 25.7. The molecule has 0 spiro atoms. The second-order valence-electron chi connectivity index (χ2n) is 11.0. The molecule has 1 aliphatic rings. The van der Waals surface area contributed by atoms with Crippen molar-refractivity contribution in [3.05, 3.63) is 110 Å². The molecule has 4 aromatic rings. The van der Waals surface area contributed by atoms with Crippen LogP contribution in [0.2, 0.25) is 5.02 Å². The lowest BCUT2D eigenvalue weighted by Gasteiger charge is -2.27. The van der Waals surface area contributed by atoms with Crippen molar-refractivity contribution in [2.75, 3.05) is 13.1 Å². The number of aryl methyl sites for hydroxylation is 1. The highest BCUT2D eigenvalue weighted by Gasteiger charge is 2.33. The zero-order valence-electron chi connectivity index (χ0n) is 22.2. The van der Waals surface area contributed by atoms with Gasteiger partial charge in [0.1, 0.15) is 17.5 Å². The number of aliphatic imine (C=N–C) groups is 1. The Labute approximate surface area is 227 Å². The molecule has 7 heteroatoms. The minimum absolute atomic E-state index is 0.0718. The van der Waals surface area contributed by atoms with Gasteiger partial charge in [-0.1, -0.05) is 61.0 Å². The second kappa shape index (κ2) is 10.3. The Bertz CT molecular complexity index is 1580. The zero-order valence-corrected chi connectivity index (χ0v) is 23.0. The van der Waals surface area contributed by atoms with Crippen molar-refractivity contribution in [3.8, 4) is 0 Å². The van der Waals surface area contributed by atoms with Crippen LogP contribution < -0.4 is 5.56 Å². The van der Waals surface area contributed by atoms with E-state index in [-0.39, 0.29) is 22.8 Å². The summed E-state index contributed by atoms with van der Waals surface area (Å²) in [6, 6.07) is 20.5. The molecule has 196 valence electrons. The summed E-state index contributed by atoms with van der Waals surface area (Å²) < 4.78 is 16.2. The van der Waals surface area contributed by atoms with Gasteiger partial charge in [-0.05, 0) is 62.1 Å². The smallest absolute Gasteiger partial charge is 0.261 e. The summed E-state index contributed by atoms with van der Waals surface area (Å²) >= 11 is 6.24. The number of rotatable bonds is 7. The van der Waals surface area contributed by atoms with Crippen LogP contribution in [0.4, 0.5) is 4.39 Å². The van der Waals surface area contributed by atoms with E-state index in [0.29, 0.717) is 41.0 Å². The van der Waals surface area contributed by atoms with Crippen LogP contribution in [0.5, 0.6) is 0 Å². The van der Waals surface area contributed by atoms with Crippen LogP contribution in [0.3, 0.4) is 0 Å². The Balaban J connectivity index is 1.46. The average molecular weight is 531 g/mol. The molecule has 1 aromatic heterocycles. The number of nitrogens with zero attached hydrogens (tertiary/aromatic N) is 4. The Morgan fingerprint density at radius 3 is 2.58 bits per heavy atom. The molecule has 5 rings (SSSR count). The molecular formula is C31H32ClFN4O. The van der Waals surface area contributed by atoms with Gasteiger partial charge >= 0.3 is 0 Å². The first-order valence-corrected chi connectivity index (χ1v) is 13.3. The van der Waals surface area contributed by atoms with Gasteiger partial charge in [0.25, 0.3) is 5.56 Å². The van der Waals surface area contributed by atoms with Crippen LogP contribution >= 0.6 is 11.6 Å². The molecule has 0 fully saturated rings. The molecule has 5 nitrogen and oxygen atoms in total. The van der Waals surface area contributed by atoms with Gasteiger partial charge < -0.3 is 4.90 Å². The van der Waals surface area contributed by atoms with Crippen LogP contribution in [-0.4, -0.2) is 38.9 Å². The minimum Gasteiger partial charge on any atom is -0.354 e. The molecule has 2 heterocycles. The van der Waals surface area contributed by atoms with Crippen LogP contribution in [0, 0.1) is 18.7 Å². The molecule has 1 aliphatic heterocycles. The van der Waals surface area contributed by atoms with Crippen LogP contribution in [0.1, 0.15) is 43.3 Å². The number of hydrogen-bond acceptors (Lipinski definition) is 4. The molecule has 3 aromatic carbocycles. The van der Waals surface area contributed by atoms with E-state index in [9.17, 15) is 9.18 Å². The third kappa shape index (κ3) is 5.51. The van der Waals surface area contributed by atoms with Crippen molar-refractivity contribution in [1.82, 2.24) is 14.5 Å². The number of aromatic nitrogens is 2. The van der Waals surface area contributed by atoms with E-state index in [1.807, 2.05) is 36.4 Å². The highest BCUT2D eigenvalue weighted by molar-refractivity contribution is 6.31. The number of fused-ring (bicyclic) bond motifs is 1. The third-order valence-corrected chi connectivity index (χ3v) is 7.19. The van der Waals surface area contributed by atoms with Gasteiger partial charge in [0, 0.05) is 30.1 Å². The topological polar surface area (TPSA) is 50.5 Å². The Morgan fingerprint density at radius 2 is 1.84 bits per heavy atom. The van der Waals surface area contributed by atoms with Crippen molar-refractivity contribution in [1.29, 1.82) is 0 Å². The van der Waals surface area contributed by atoms with Gasteiger partial charge in [0.15, 0.2) is 0 Å². The largest absolute Gasteiger partial charge is 0.354 e. The molecule has 0 saturated carbocycles. The molecule has 0 radical (unpaired) electrons. The molecule has 0 N–H and O–H groups in total. The molecule has 38 heavy (non-hydrogen) atoms. The number of halogens is 2. The SMILES string of the molecule is Cc1ccc(C2=NC(C)(C)CN2CC(C)Cc2nc3cc(Cl)ccc3c(=O)n2Cc2ccccc2)cc1F. The monoisotopic (exact) mass is 530 g/mol. The molecule has 0 aliphatic carbocycles. The summed E-state index contributed by atoms with van der Waals surface area (Å²) in [7, 11) is 0. The molecule has 0 bridgehead atoms. The van der Waals surface area contributed by atoms with Crippen molar-refractivity contribution < 1.29 is 4.39 Å².